The molecule has 0 unspecified atom stereocenters. The van der Waals surface area contributed by atoms with Gasteiger partial charge in [-0.2, -0.15) is 0 Å². The summed E-state index contributed by atoms with van der Waals surface area (Å²) in [6.45, 7) is 4.79. The SMILES string of the molecule is CCN(c1cccc(C)c1)c1ncnc(N(Cc2ccccc2)c2ccccn2)c1[N+](=O)[O-]. The van der Waals surface area contributed by atoms with Gasteiger partial charge in [-0.25, -0.2) is 15.0 Å². The Kier molecular flexibility index (Phi) is 6.54. The minimum atomic E-state index is -0.413. The molecule has 8 nitrogen and oxygen atoms in total. The van der Waals surface area contributed by atoms with Gasteiger partial charge in [-0.05, 0) is 49.2 Å². The highest BCUT2D eigenvalue weighted by atomic mass is 16.6. The number of rotatable bonds is 8. The minimum absolute atomic E-state index is 0.164. The van der Waals surface area contributed by atoms with Crippen LogP contribution in [0.25, 0.3) is 0 Å². The van der Waals surface area contributed by atoms with Gasteiger partial charge in [0.25, 0.3) is 0 Å². The van der Waals surface area contributed by atoms with E-state index in [1.807, 2.05) is 85.5 Å². The molecule has 0 saturated carbocycles. The van der Waals surface area contributed by atoms with E-state index in [1.54, 1.807) is 17.2 Å². The van der Waals surface area contributed by atoms with Gasteiger partial charge in [0.15, 0.2) is 0 Å². The standard InChI is InChI=1S/C25H24N6O2/c1-3-29(21-13-9-10-19(2)16-21)24-23(31(32)33)25(28-18-27-24)30(22-14-7-8-15-26-22)17-20-11-5-4-6-12-20/h4-16,18H,3,17H2,1-2H3. The van der Waals surface area contributed by atoms with Crippen LogP contribution in [0.3, 0.4) is 0 Å². The molecule has 0 aliphatic carbocycles. The number of aromatic nitrogens is 3. The van der Waals surface area contributed by atoms with E-state index in [2.05, 4.69) is 15.0 Å². The molecule has 0 bridgehead atoms. The monoisotopic (exact) mass is 440 g/mol. The molecule has 0 amide bonds. The van der Waals surface area contributed by atoms with Gasteiger partial charge in [-0.15, -0.1) is 0 Å². The van der Waals surface area contributed by atoms with Crippen LogP contribution < -0.4 is 9.80 Å². The fourth-order valence-corrected chi connectivity index (χ4v) is 3.71. The predicted octanol–water partition coefficient (Wildman–Crippen LogP) is 5.58. The van der Waals surface area contributed by atoms with Crippen molar-refractivity contribution in [1.29, 1.82) is 0 Å². The summed E-state index contributed by atoms with van der Waals surface area (Å²) in [6, 6.07) is 23.0. The maximum atomic E-state index is 12.4. The van der Waals surface area contributed by atoms with Crippen molar-refractivity contribution < 1.29 is 4.92 Å². The lowest BCUT2D eigenvalue weighted by atomic mass is 10.2. The van der Waals surface area contributed by atoms with Crippen LogP contribution >= 0.6 is 0 Å². The number of pyridine rings is 1. The van der Waals surface area contributed by atoms with Crippen molar-refractivity contribution in [1.82, 2.24) is 15.0 Å². The lowest BCUT2D eigenvalue weighted by Crippen LogP contribution is -2.24. The third-order valence-corrected chi connectivity index (χ3v) is 5.22. The van der Waals surface area contributed by atoms with Crippen LogP contribution in [0.5, 0.6) is 0 Å². The summed E-state index contributed by atoms with van der Waals surface area (Å²) >= 11 is 0. The maximum absolute atomic E-state index is 12.4. The van der Waals surface area contributed by atoms with Gasteiger partial charge in [0.05, 0.1) is 11.5 Å². The van der Waals surface area contributed by atoms with Crippen LogP contribution in [0, 0.1) is 17.0 Å². The molecular formula is C25H24N6O2. The number of benzene rings is 2. The van der Waals surface area contributed by atoms with Crippen LogP contribution in [-0.2, 0) is 6.54 Å². The summed E-state index contributed by atoms with van der Waals surface area (Å²) in [5.74, 6) is 0.999. The fraction of sp³-hybridized carbons (Fsp3) is 0.160. The van der Waals surface area contributed by atoms with Gasteiger partial charge in [-0.3, -0.25) is 10.1 Å². The fourth-order valence-electron chi connectivity index (χ4n) is 3.71. The molecule has 0 radical (unpaired) electrons. The first kappa shape index (κ1) is 21.9. The lowest BCUT2D eigenvalue weighted by molar-refractivity contribution is -0.383. The molecule has 0 fully saturated rings. The summed E-state index contributed by atoms with van der Waals surface area (Å²) in [7, 11) is 0. The molecule has 166 valence electrons. The van der Waals surface area contributed by atoms with Gasteiger partial charge in [0, 0.05) is 18.4 Å². The van der Waals surface area contributed by atoms with Crippen molar-refractivity contribution in [2.24, 2.45) is 0 Å². The smallest absolute Gasteiger partial charge is 0.321 e. The second kappa shape index (κ2) is 9.86. The molecule has 0 N–H and O–H groups in total. The van der Waals surface area contributed by atoms with Crippen molar-refractivity contribution in [3.63, 3.8) is 0 Å². The Hall–Kier alpha value is -4.33. The van der Waals surface area contributed by atoms with Crippen LogP contribution in [0.15, 0.2) is 85.3 Å². The van der Waals surface area contributed by atoms with Crippen LogP contribution in [-0.4, -0.2) is 26.4 Å². The second-order valence-corrected chi connectivity index (χ2v) is 7.47. The van der Waals surface area contributed by atoms with Gasteiger partial charge < -0.3 is 9.80 Å². The third kappa shape index (κ3) is 4.79. The van der Waals surface area contributed by atoms with Crippen molar-refractivity contribution in [3.8, 4) is 0 Å². The van der Waals surface area contributed by atoms with Gasteiger partial charge >= 0.3 is 5.69 Å². The Bertz CT molecular complexity index is 1230. The molecule has 0 saturated heterocycles. The van der Waals surface area contributed by atoms with Gasteiger partial charge in [0.1, 0.15) is 12.1 Å². The van der Waals surface area contributed by atoms with E-state index in [1.165, 1.54) is 6.33 Å². The first-order chi connectivity index (χ1) is 16.1. The Balaban J connectivity index is 1.88. The molecule has 8 heteroatoms. The molecule has 0 aliphatic rings. The normalized spacial score (nSPS) is 10.6. The van der Waals surface area contributed by atoms with Crippen molar-refractivity contribution in [3.05, 3.63) is 107 Å². The number of aryl methyl sites for hydroxylation is 1. The zero-order chi connectivity index (χ0) is 23.2. The quantitative estimate of drug-likeness (QED) is 0.261. The van der Waals surface area contributed by atoms with Gasteiger partial charge in [0.2, 0.25) is 11.6 Å². The Morgan fingerprint density at radius 1 is 0.879 bits per heavy atom. The minimum Gasteiger partial charge on any atom is -0.321 e. The zero-order valence-corrected chi connectivity index (χ0v) is 18.5. The summed E-state index contributed by atoms with van der Waals surface area (Å²) in [5.41, 5.74) is 2.70. The first-order valence-electron chi connectivity index (χ1n) is 10.6. The highest BCUT2D eigenvalue weighted by Gasteiger charge is 2.31. The number of hydrogen-bond acceptors (Lipinski definition) is 7. The molecule has 4 rings (SSSR count). The highest BCUT2D eigenvalue weighted by Crippen LogP contribution is 2.40. The predicted molar refractivity (Wildman–Crippen MR) is 129 cm³/mol. The Morgan fingerprint density at radius 3 is 2.24 bits per heavy atom. The topological polar surface area (TPSA) is 88.3 Å². The van der Waals surface area contributed by atoms with E-state index in [-0.39, 0.29) is 17.3 Å². The van der Waals surface area contributed by atoms with E-state index in [9.17, 15) is 10.1 Å². The van der Waals surface area contributed by atoms with Crippen LogP contribution in [0.4, 0.5) is 28.8 Å². The zero-order valence-electron chi connectivity index (χ0n) is 18.5. The molecule has 2 aromatic heterocycles. The number of hydrogen-bond donors (Lipinski definition) is 0. The molecular weight excluding hydrogens is 416 g/mol. The molecule has 0 aliphatic heterocycles. The van der Waals surface area contributed by atoms with Gasteiger partial charge in [-0.1, -0.05) is 48.5 Å². The summed E-state index contributed by atoms with van der Waals surface area (Å²) in [4.78, 5) is 28.7. The van der Waals surface area contributed by atoms with Crippen molar-refractivity contribution >= 4 is 28.8 Å². The third-order valence-electron chi connectivity index (χ3n) is 5.22. The second-order valence-electron chi connectivity index (χ2n) is 7.47. The number of nitrogens with zero attached hydrogens (tertiary/aromatic N) is 6. The first-order valence-corrected chi connectivity index (χ1v) is 10.6. The molecule has 33 heavy (non-hydrogen) atoms. The lowest BCUT2D eigenvalue weighted by Gasteiger charge is -2.26. The molecule has 0 atom stereocenters. The van der Waals surface area contributed by atoms with E-state index >= 15 is 0 Å². The highest BCUT2D eigenvalue weighted by molar-refractivity contribution is 5.78. The van der Waals surface area contributed by atoms with E-state index in [0.717, 1.165) is 16.8 Å². The van der Waals surface area contributed by atoms with E-state index in [0.29, 0.717) is 18.9 Å². The molecule has 2 heterocycles. The summed E-state index contributed by atoms with van der Waals surface area (Å²) in [5, 5.41) is 12.4. The van der Waals surface area contributed by atoms with Crippen molar-refractivity contribution in [2.75, 3.05) is 16.3 Å². The largest absolute Gasteiger partial charge is 0.354 e. The van der Waals surface area contributed by atoms with Crippen molar-refractivity contribution in [2.45, 2.75) is 20.4 Å². The molecule has 2 aromatic carbocycles. The van der Waals surface area contributed by atoms with E-state index in [4.69, 9.17) is 0 Å². The van der Waals surface area contributed by atoms with Crippen LogP contribution in [0.1, 0.15) is 18.1 Å². The maximum Gasteiger partial charge on any atom is 0.354 e. The summed E-state index contributed by atoms with van der Waals surface area (Å²) < 4.78 is 0. The number of anilines is 4. The average Bonchev–Trinajstić information content (AvgIpc) is 2.84. The number of nitro groups is 1. The van der Waals surface area contributed by atoms with Crippen LogP contribution in [0.2, 0.25) is 0 Å². The molecule has 0 spiro atoms. The molecule has 4 aromatic rings. The average molecular weight is 441 g/mol. The summed E-state index contributed by atoms with van der Waals surface area (Å²) in [6.07, 6.45) is 3.03. The Labute approximate surface area is 192 Å². The Morgan fingerprint density at radius 2 is 1.61 bits per heavy atom. The van der Waals surface area contributed by atoms with E-state index < -0.39 is 4.92 Å².